The van der Waals surface area contributed by atoms with E-state index in [1.54, 1.807) is 7.11 Å². The molecule has 0 aliphatic rings. The van der Waals surface area contributed by atoms with Crippen molar-refractivity contribution in [3.05, 3.63) is 65.7 Å². The van der Waals surface area contributed by atoms with Gasteiger partial charge >= 0.3 is 0 Å². The second-order valence-corrected chi connectivity index (χ2v) is 6.79. The molecule has 0 heterocycles. The molecule has 1 unspecified atom stereocenters. The molecule has 2 aromatic rings. The molecule has 0 aliphatic heterocycles. The number of hydrogen-bond acceptors (Lipinski definition) is 2. The van der Waals surface area contributed by atoms with Gasteiger partial charge in [-0.25, -0.2) is 0 Å². The summed E-state index contributed by atoms with van der Waals surface area (Å²) in [5.74, 6) is 1.58. The summed E-state index contributed by atoms with van der Waals surface area (Å²) < 4.78 is 5.29. The Kier molecular flexibility index (Phi) is 7.84. The number of hydrogen-bond donors (Lipinski definition) is 0. The molecular formula is C22H31NO. The van der Waals surface area contributed by atoms with Crippen LogP contribution in [0.3, 0.4) is 0 Å². The molecule has 1 atom stereocenters. The van der Waals surface area contributed by atoms with E-state index in [2.05, 4.69) is 73.6 Å². The van der Waals surface area contributed by atoms with Gasteiger partial charge in [0.25, 0.3) is 0 Å². The normalized spacial score (nSPS) is 12.3. The highest BCUT2D eigenvalue weighted by molar-refractivity contribution is 5.29. The van der Waals surface area contributed by atoms with E-state index in [1.807, 2.05) is 0 Å². The summed E-state index contributed by atoms with van der Waals surface area (Å²) in [6.07, 6.45) is 6.15. The van der Waals surface area contributed by atoms with Crippen LogP contribution in [0.15, 0.2) is 54.6 Å². The highest BCUT2D eigenvalue weighted by atomic mass is 16.5. The minimum Gasteiger partial charge on any atom is -0.497 e. The highest BCUT2D eigenvalue weighted by Gasteiger charge is 2.12. The molecule has 0 N–H and O–H groups in total. The van der Waals surface area contributed by atoms with Gasteiger partial charge in [0.15, 0.2) is 0 Å². The van der Waals surface area contributed by atoms with Crippen molar-refractivity contribution in [1.29, 1.82) is 0 Å². The van der Waals surface area contributed by atoms with Crippen LogP contribution in [0.4, 0.5) is 0 Å². The largest absolute Gasteiger partial charge is 0.497 e. The third-order valence-corrected chi connectivity index (χ3v) is 4.61. The van der Waals surface area contributed by atoms with E-state index >= 15 is 0 Å². The minimum absolute atomic E-state index is 0.638. The van der Waals surface area contributed by atoms with E-state index in [9.17, 15) is 0 Å². The van der Waals surface area contributed by atoms with Crippen LogP contribution in [0.25, 0.3) is 0 Å². The fraction of sp³-hybridized carbons (Fsp3) is 0.455. The number of rotatable bonds is 10. The van der Waals surface area contributed by atoms with Crippen LogP contribution in [0.2, 0.25) is 0 Å². The Morgan fingerprint density at radius 2 is 1.54 bits per heavy atom. The Balaban J connectivity index is 1.93. The lowest BCUT2D eigenvalue weighted by Gasteiger charge is -2.19. The van der Waals surface area contributed by atoms with Crippen LogP contribution >= 0.6 is 0 Å². The lowest BCUT2D eigenvalue weighted by Crippen LogP contribution is -2.14. The zero-order chi connectivity index (χ0) is 17.2. The van der Waals surface area contributed by atoms with Crippen molar-refractivity contribution in [1.82, 2.24) is 4.90 Å². The molecule has 2 rings (SSSR count). The summed E-state index contributed by atoms with van der Waals surface area (Å²) in [5, 5.41) is 0. The molecule has 2 aromatic carbocycles. The fourth-order valence-electron chi connectivity index (χ4n) is 3.20. The van der Waals surface area contributed by atoms with Crippen LogP contribution in [-0.2, 0) is 6.42 Å². The summed E-state index contributed by atoms with van der Waals surface area (Å²) in [5.41, 5.74) is 2.89. The summed E-state index contributed by atoms with van der Waals surface area (Å²) in [6.45, 7) is 1.16. The molecule has 0 bridgehead atoms. The standard InChI is InChI=1S/C22H31NO/c1-23(2)18-8-13-20(21-14-16-22(24-3)17-15-21)12-7-11-19-9-5-4-6-10-19/h4-6,9-10,14-17,20H,7-8,11-13,18H2,1-3H3. The third-order valence-electron chi connectivity index (χ3n) is 4.61. The van der Waals surface area contributed by atoms with Crippen molar-refractivity contribution in [2.75, 3.05) is 27.7 Å². The van der Waals surface area contributed by atoms with E-state index in [4.69, 9.17) is 4.74 Å². The lowest BCUT2D eigenvalue weighted by molar-refractivity contribution is 0.380. The number of nitrogens with zero attached hydrogens (tertiary/aromatic N) is 1. The van der Waals surface area contributed by atoms with Crippen molar-refractivity contribution >= 4 is 0 Å². The SMILES string of the molecule is COc1ccc(C(CCCc2ccccc2)CCCN(C)C)cc1. The van der Waals surface area contributed by atoms with Gasteiger partial charge in [0, 0.05) is 0 Å². The molecule has 0 amide bonds. The predicted octanol–water partition coefficient (Wildman–Crippen LogP) is 5.14. The molecule has 0 saturated carbocycles. The second kappa shape index (κ2) is 10.1. The molecule has 2 nitrogen and oxygen atoms in total. The molecule has 0 saturated heterocycles. The van der Waals surface area contributed by atoms with Gasteiger partial charge in [-0.15, -0.1) is 0 Å². The Bertz CT molecular complexity index is 562. The van der Waals surface area contributed by atoms with E-state index in [-0.39, 0.29) is 0 Å². The average molecular weight is 325 g/mol. The molecule has 0 aliphatic carbocycles. The Hall–Kier alpha value is -1.80. The molecule has 0 fully saturated rings. The maximum atomic E-state index is 5.29. The zero-order valence-corrected chi connectivity index (χ0v) is 15.4. The number of ether oxygens (including phenoxy) is 1. The highest BCUT2D eigenvalue weighted by Crippen LogP contribution is 2.28. The molecule has 2 heteroatoms. The summed E-state index contributed by atoms with van der Waals surface area (Å²) >= 11 is 0. The van der Waals surface area contributed by atoms with E-state index in [1.165, 1.54) is 43.2 Å². The van der Waals surface area contributed by atoms with E-state index in [0.29, 0.717) is 5.92 Å². The van der Waals surface area contributed by atoms with Crippen molar-refractivity contribution < 1.29 is 4.74 Å². The molecule has 0 aromatic heterocycles. The predicted molar refractivity (Wildman–Crippen MR) is 103 cm³/mol. The Morgan fingerprint density at radius 3 is 2.17 bits per heavy atom. The van der Waals surface area contributed by atoms with Gasteiger partial charge in [-0.3, -0.25) is 0 Å². The van der Waals surface area contributed by atoms with Gasteiger partial charge in [-0.2, -0.15) is 0 Å². The van der Waals surface area contributed by atoms with E-state index in [0.717, 1.165) is 12.3 Å². The van der Waals surface area contributed by atoms with E-state index < -0.39 is 0 Å². The summed E-state index contributed by atoms with van der Waals surface area (Å²) in [4.78, 5) is 2.27. The summed E-state index contributed by atoms with van der Waals surface area (Å²) in [6, 6.07) is 19.5. The minimum atomic E-state index is 0.638. The van der Waals surface area contributed by atoms with Crippen molar-refractivity contribution in [2.24, 2.45) is 0 Å². The van der Waals surface area contributed by atoms with Gasteiger partial charge in [-0.05, 0) is 81.9 Å². The van der Waals surface area contributed by atoms with Crippen molar-refractivity contribution in [3.63, 3.8) is 0 Å². The van der Waals surface area contributed by atoms with Crippen LogP contribution < -0.4 is 4.74 Å². The van der Waals surface area contributed by atoms with Gasteiger partial charge in [-0.1, -0.05) is 42.5 Å². The van der Waals surface area contributed by atoms with Crippen LogP contribution in [0.5, 0.6) is 5.75 Å². The lowest BCUT2D eigenvalue weighted by atomic mass is 9.88. The van der Waals surface area contributed by atoms with Gasteiger partial charge < -0.3 is 9.64 Å². The monoisotopic (exact) mass is 325 g/mol. The molecule has 0 spiro atoms. The van der Waals surface area contributed by atoms with Crippen molar-refractivity contribution in [3.8, 4) is 5.75 Å². The first kappa shape index (κ1) is 18.5. The molecular weight excluding hydrogens is 294 g/mol. The summed E-state index contributed by atoms with van der Waals surface area (Å²) in [7, 11) is 6.03. The maximum absolute atomic E-state index is 5.29. The van der Waals surface area contributed by atoms with Gasteiger partial charge in [0.05, 0.1) is 7.11 Å². The second-order valence-electron chi connectivity index (χ2n) is 6.79. The Morgan fingerprint density at radius 1 is 0.875 bits per heavy atom. The first-order valence-electron chi connectivity index (χ1n) is 9.01. The fourth-order valence-corrected chi connectivity index (χ4v) is 3.20. The average Bonchev–Trinajstić information content (AvgIpc) is 2.61. The first-order chi connectivity index (χ1) is 11.7. The zero-order valence-electron chi connectivity index (χ0n) is 15.4. The first-order valence-corrected chi connectivity index (χ1v) is 9.01. The van der Waals surface area contributed by atoms with Crippen LogP contribution in [-0.4, -0.2) is 32.6 Å². The number of benzene rings is 2. The smallest absolute Gasteiger partial charge is 0.118 e. The number of methoxy groups -OCH3 is 1. The van der Waals surface area contributed by atoms with Crippen molar-refractivity contribution in [2.45, 2.75) is 38.0 Å². The number of aryl methyl sites for hydroxylation is 1. The quantitative estimate of drug-likeness (QED) is 0.599. The van der Waals surface area contributed by atoms with Gasteiger partial charge in [0.1, 0.15) is 5.75 Å². The Labute approximate surface area is 147 Å². The maximum Gasteiger partial charge on any atom is 0.118 e. The third kappa shape index (κ3) is 6.37. The van der Waals surface area contributed by atoms with Gasteiger partial charge in [0.2, 0.25) is 0 Å². The molecule has 24 heavy (non-hydrogen) atoms. The van der Waals surface area contributed by atoms with Crippen LogP contribution in [0.1, 0.15) is 42.7 Å². The van der Waals surface area contributed by atoms with Crippen LogP contribution in [0, 0.1) is 0 Å². The molecule has 130 valence electrons. The topological polar surface area (TPSA) is 12.5 Å². The molecule has 0 radical (unpaired) electrons.